The fraction of sp³-hybridized carbons (Fsp3) is 0.522. The normalized spacial score (nSPS) is 21.8. The van der Waals surface area contributed by atoms with E-state index in [1.165, 1.54) is 18.2 Å². The summed E-state index contributed by atoms with van der Waals surface area (Å²) in [6, 6.07) is 7.52. The van der Waals surface area contributed by atoms with E-state index in [4.69, 9.17) is 14.0 Å². The van der Waals surface area contributed by atoms with Crippen LogP contribution in [0.25, 0.3) is 0 Å². The summed E-state index contributed by atoms with van der Waals surface area (Å²) in [4.78, 5) is 28.2. The summed E-state index contributed by atoms with van der Waals surface area (Å²) in [7, 11) is 3.84. The van der Waals surface area contributed by atoms with Crippen molar-refractivity contribution < 1.29 is 28.0 Å². The summed E-state index contributed by atoms with van der Waals surface area (Å²) in [5.74, 6) is 1.06. The number of likely N-dealkylation sites (N-methyl/N-ethyl adjacent to an activating group) is 1. The van der Waals surface area contributed by atoms with Crippen LogP contribution in [0.15, 0.2) is 34.9 Å². The van der Waals surface area contributed by atoms with Crippen molar-refractivity contribution in [2.75, 3.05) is 40.3 Å². The fourth-order valence-electron chi connectivity index (χ4n) is 4.39. The number of halogens is 1. The number of nitrogens with one attached hydrogen (secondary N) is 1. The zero-order chi connectivity index (χ0) is 23.4. The Kier molecular flexibility index (Phi) is 7.12. The van der Waals surface area contributed by atoms with Crippen molar-refractivity contribution in [1.82, 2.24) is 20.3 Å². The highest BCUT2D eigenvalue weighted by Gasteiger charge is 2.43. The van der Waals surface area contributed by atoms with Gasteiger partial charge in [0.15, 0.2) is 18.1 Å². The minimum atomic E-state index is -0.409. The zero-order valence-electron chi connectivity index (χ0n) is 18.8. The number of fused-ring (bicyclic) bond motifs is 1. The maximum absolute atomic E-state index is 13.1. The van der Waals surface area contributed by atoms with Crippen LogP contribution in [0.1, 0.15) is 29.1 Å². The van der Waals surface area contributed by atoms with Gasteiger partial charge in [0, 0.05) is 32.2 Å². The molecule has 9 nitrogen and oxygen atoms in total. The molecule has 33 heavy (non-hydrogen) atoms. The number of carbonyl (C=O) groups excluding carboxylic acids is 2. The first-order chi connectivity index (χ1) is 15.9. The fourth-order valence-corrected chi connectivity index (χ4v) is 4.39. The summed E-state index contributed by atoms with van der Waals surface area (Å²) < 4.78 is 29.5. The Morgan fingerprint density at radius 3 is 2.58 bits per heavy atom. The van der Waals surface area contributed by atoms with E-state index in [-0.39, 0.29) is 30.1 Å². The van der Waals surface area contributed by atoms with Crippen LogP contribution in [0.4, 0.5) is 9.18 Å². The van der Waals surface area contributed by atoms with Gasteiger partial charge in [-0.1, -0.05) is 5.16 Å². The molecule has 1 saturated heterocycles. The summed E-state index contributed by atoms with van der Waals surface area (Å²) in [6.07, 6.45) is 1.36. The molecule has 178 valence electrons. The standard InChI is InChI=1S/C23H29FN4O5/c1-27(2)8-7-25-22(29)21-11-20(33-26-21)14-31-23(30)28-12-15-9-19(10-16(15)13-28)32-18-5-3-17(24)4-6-18/h3-6,11,15-16,19H,7-10,12-14H2,1-2H3,(H,25,29)/t15-,16+,19-. The molecule has 3 atom stereocenters. The molecule has 1 saturated carbocycles. The highest BCUT2D eigenvalue weighted by molar-refractivity contribution is 5.92. The number of benzene rings is 1. The molecule has 0 unspecified atom stereocenters. The van der Waals surface area contributed by atoms with E-state index in [1.807, 2.05) is 19.0 Å². The third-order valence-corrected chi connectivity index (χ3v) is 6.06. The predicted octanol–water partition coefficient (Wildman–Crippen LogP) is 2.53. The van der Waals surface area contributed by atoms with Crippen molar-refractivity contribution in [3.05, 3.63) is 47.6 Å². The van der Waals surface area contributed by atoms with Crippen molar-refractivity contribution in [3.63, 3.8) is 0 Å². The van der Waals surface area contributed by atoms with Crippen LogP contribution in [0.5, 0.6) is 5.75 Å². The quantitative estimate of drug-likeness (QED) is 0.647. The summed E-state index contributed by atoms with van der Waals surface area (Å²) in [5, 5.41) is 6.49. The minimum absolute atomic E-state index is 0.0696. The lowest BCUT2D eigenvalue weighted by atomic mass is 10.0. The first-order valence-corrected chi connectivity index (χ1v) is 11.1. The molecule has 0 bridgehead atoms. The number of nitrogens with zero attached hydrogens (tertiary/aromatic N) is 3. The highest BCUT2D eigenvalue weighted by Crippen LogP contribution is 2.40. The van der Waals surface area contributed by atoms with Gasteiger partial charge in [0.1, 0.15) is 11.6 Å². The van der Waals surface area contributed by atoms with Crippen LogP contribution in [0, 0.1) is 17.7 Å². The Balaban J connectivity index is 1.19. The third-order valence-electron chi connectivity index (χ3n) is 6.06. The van der Waals surface area contributed by atoms with Crippen molar-refractivity contribution in [2.24, 2.45) is 11.8 Å². The average Bonchev–Trinajstić information content (AvgIpc) is 3.48. The molecule has 2 aromatic rings. The van der Waals surface area contributed by atoms with Gasteiger partial charge in [-0.15, -0.1) is 0 Å². The van der Waals surface area contributed by atoms with Gasteiger partial charge < -0.3 is 29.1 Å². The lowest BCUT2D eigenvalue weighted by Crippen LogP contribution is -2.31. The van der Waals surface area contributed by atoms with Crippen LogP contribution in [0.2, 0.25) is 0 Å². The van der Waals surface area contributed by atoms with Crippen LogP contribution in [0.3, 0.4) is 0 Å². The molecule has 1 aliphatic carbocycles. The van der Waals surface area contributed by atoms with Crippen molar-refractivity contribution in [2.45, 2.75) is 25.6 Å². The van der Waals surface area contributed by atoms with E-state index in [9.17, 15) is 14.0 Å². The molecular formula is C23H29FN4O5. The monoisotopic (exact) mass is 460 g/mol. The van der Waals surface area contributed by atoms with Gasteiger partial charge in [0.25, 0.3) is 5.91 Å². The van der Waals surface area contributed by atoms with E-state index in [1.54, 1.807) is 17.0 Å². The van der Waals surface area contributed by atoms with Crippen molar-refractivity contribution >= 4 is 12.0 Å². The van der Waals surface area contributed by atoms with Crippen molar-refractivity contribution in [3.8, 4) is 5.75 Å². The molecule has 0 spiro atoms. The molecule has 1 aromatic heterocycles. The molecule has 2 amide bonds. The second kappa shape index (κ2) is 10.2. The number of hydrogen-bond acceptors (Lipinski definition) is 7. The molecule has 2 heterocycles. The number of amides is 2. The van der Waals surface area contributed by atoms with Crippen molar-refractivity contribution in [1.29, 1.82) is 0 Å². The van der Waals surface area contributed by atoms with E-state index < -0.39 is 6.09 Å². The Bertz CT molecular complexity index is 950. The lowest BCUT2D eigenvalue weighted by Gasteiger charge is -2.19. The minimum Gasteiger partial charge on any atom is -0.490 e. The lowest BCUT2D eigenvalue weighted by molar-refractivity contribution is 0.0895. The maximum atomic E-state index is 13.1. The molecule has 4 rings (SSSR count). The zero-order valence-corrected chi connectivity index (χ0v) is 18.8. The summed E-state index contributed by atoms with van der Waals surface area (Å²) in [5.41, 5.74) is 0.155. The molecule has 2 fully saturated rings. The van der Waals surface area contributed by atoms with Gasteiger partial charge in [-0.25, -0.2) is 9.18 Å². The molecule has 0 radical (unpaired) electrons. The number of ether oxygens (including phenoxy) is 2. The van der Waals surface area contributed by atoms with Crippen LogP contribution in [-0.4, -0.2) is 73.3 Å². The second-order valence-electron chi connectivity index (χ2n) is 8.88. The van der Waals surface area contributed by atoms with Gasteiger partial charge in [-0.3, -0.25) is 4.79 Å². The highest BCUT2D eigenvalue weighted by atomic mass is 19.1. The van der Waals surface area contributed by atoms with E-state index in [0.29, 0.717) is 49.5 Å². The van der Waals surface area contributed by atoms with Crippen LogP contribution < -0.4 is 10.1 Å². The smallest absolute Gasteiger partial charge is 0.410 e. The summed E-state index contributed by atoms with van der Waals surface area (Å²) >= 11 is 0. The predicted molar refractivity (Wildman–Crippen MR) is 116 cm³/mol. The molecule has 2 aliphatic rings. The molecule has 10 heteroatoms. The maximum Gasteiger partial charge on any atom is 0.410 e. The Morgan fingerprint density at radius 2 is 1.91 bits per heavy atom. The Morgan fingerprint density at radius 1 is 1.21 bits per heavy atom. The van der Waals surface area contributed by atoms with Gasteiger partial charge in [0.2, 0.25) is 0 Å². The Hall–Kier alpha value is -3.14. The van der Waals surface area contributed by atoms with E-state index in [0.717, 1.165) is 12.8 Å². The first kappa shape index (κ1) is 23.0. The molecule has 1 aliphatic heterocycles. The molecular weight excluding hydrogens is 431 g/mol. The summed E-state index contributed by atoms with van der Waals surface area (Å²) in [6.45, 7) is 2.35. The van der Waals surface area contributed by atoms with Gasteiger partial charge in [0.05, 0.1) is 6.10 Å². The van der Waals surface area contributed by atoms with E-state index in [2.05, 4.69) is 10.5 Å². The number of aromatic nitrogens is 1. The van der Waals surface area contributed by atoms with Crippen LogP contribution >= 0.6 is 0 Å². The van der Waals surface area contributed by atoms with Gasteiger partial charge in [-0.2, -0.15) is 0 Å². The van der Waals surface area contributed by atoms with Gasteiger partial charge >= 0.3 is 6.09 Å². The number of likely N-dealkylation sites (tertiary alicyclic amines) is 1. The van der Waals surface area contributed by atoms with Gasteiger partial charge in [-0.05, 0) is 63.0 Å². The topological polar surface area (TPSA) is 97.1 Å². The number of hydrogen-bond donors (Lipinski definition) is 1. The molecule has 1 N–H and O–H groups in total. The third kappa shape index (κ3) is 6.01. The largest absolute Gasteiger partial charge is 0.490 e. The number of carbonyl (C=O) groups is 2. The first-order valence-electron chi connectivity index (χ1n) is 11.1. The second-order valence-corrected chi connectivity index (χ2v) is 8.88. The average molecular weight is 461 g/mol. The number of rotatable bonds is 8. The SMILES string of the molecule is CN(C)CCNC(=O)c1cc(COC(=O)N2C[C@H]3C[C@@H](Oc4ccc(F)cc4)C[C@H]3C2)on1. The molecule has 1 aromatic carbocycles. The van der Waals surface area contributed by atoms with E-state index >= 15 is 0 Å². The Labute approximate surface area is 191 Å². The van der Waals surface area contributed by atoms with Crippen LogP contribution in [-0.2, 0) is 11.3 Å².